The largest absolute Gasteiger partial charge is 0.493 e. The number of carbonyl (C=O) groups is 2. The lowest BCUT2D eigenvalue weighted by atomic mass is 10.1. The van der Waals surface area contributed by atoms with E-state index in [0.717, 1.165) is 11.1 Å². The number of aromatic nitrogens is 1. The van der Waals surface area contributed by atoms with Crippen LogP contribution in [0, 0.1) is 5.82 Å². The molecule has 198 valence electrons. The highest BCUT2D eigenvalue weighted by Crippen LogP contribution is 2.36. The Labute approximate surface area is 220 Å². The number of hydrogen-bond donors (Lipinski definition) is 1. The molecule has 0 saturated heterocycles. The Bertz CT molecular complexity index is 1440. The highest BCUT2D eigenvalue weighted by molar-refractivity contribution is 6.11. The molecule has 8 nitrogen and oxygen atoms in total. The summed E-state index contributed by atoms with van der Waals surface area (Å²) in [6, 6.07) is 16.5. The maximum Gasteiger partial charge on any atom is 0.415 e. The SMILES string of the molecule is CCN(CC)C(=O)Oc1ccc2c(ccn2Cc2ccc(F)cc2)c1NC(=O)c1ccc(OC)c(OC)c1. The molecule has 0 aliphatic heterocycles. The molecule has 2 amide bonds. The summed E-state index contributed by atoms with van der Waals surface area (Å²) in [6.45, 7) is 5.19. The number of benzene rings is 3. The summed E-state index contributed by atoms with van der Waals surface area (Å²) >= 11 is 0. The second-order valence-electron chi connectivity index (χ2n) is 8.51. The van der Waals surface area contributed by atoms with Crippen molar-refractivity contribution in [2.75, 3.05) is 32.6 Å². The van der Waals surface area contributed by atoms with Crippen molar-refractivity contribution in [3.63, 3.8) is 0 Å². The zero-order chi connectivity index (χ0) is 27.2. The molecule has 1 heterocycles. The normalized spacial score (nSPS) is 10.8. The average molecular weight is 520 g/mol. The van der Waals surface area contributed by atoms with Crippen molar-refractivity contribution in [1.82, 2.24) is 9.47 Å². The number of fused-ring (bicyclic) bond motifs is 1. The first-order chi connectivity index (χ1) is 18.4. The third-order valence-electron chi connectivity index (χ3n) is 6.28. The van der Waals surface area contributed by atoms with E-state index in [0.29, 0.717) is 47.8 Å². The molecular formula is C29H30FN3O5. The van der Waals surface area contributed by atoms with Crippen LogP contribution in [0.5, 0.6) is 17.2 Å². The van der Waals surface area contributed by atoms with Gasteiger partial charge in [-0.2, -0.15) is 0 Å². The van der Waals surface area contributed by atoms with Crippen LogP contribution >= 0.6 is 0 Å². The number of nitrogens with one attached hydrogen (secondary N) is 1. The van der Waals surface area contributed by atoms with E-state index in [2.05, 4.69) is 5.32 Å². The minimum absolute atomic E-state index is 0.225. The molecule has 0 saturated carbocycles. The quantitative estimate of drug-likeness (QED) is 0.296. The maximum atomic E-state index is 13.4. The van der Waals surface area contributed by atoms with E-state index in [1.807, 2.05) is 36.7 Å². The smallest absolute Gasteiger partial charge is 0.415 e. The number of amides is 2. The Morgan fingerprint density at radius 2 is 1.58 bits per heavy atom. The minimum atomic E-state index is -0.512. The van der Waals surface area contributed by atoms with E-state index < -0.39 is 12.0 Å². The van der Waals surface area contributed by atoms with Gasteiger partial charge in [0.05, 0.1) is 25.4 Å². The lowest BCUT2D eigenvalue weighted by Gasteiger charge is -2.20. The molecule has 1 aromatic heterocycles. The molecule has 4 rings (SSSR count). The topological polar surface area (TPSA) is 82.0 Å². The number of halogens is 1. The van der Waals surface area contributed by atoms with Gasteiger partial charge in [0, 0.05) is 36.8 Å². The number of methoxy groups -OCH3 is 2. The Kier molecular flexibility index (Phi) is 8.15. The lowest BCUT2D eigenvalue weighted by Crippen LogP contribution is -2.33. The van der Waals surface area contributed by atoms with Crippen LogP contribution in [0.2, 0.25) is 0 Å². The number of nitrogens with zero attached hydrogens (tertiary/aromatic N) is 2. The Hall–Kier alpha value is -4.53. The van der Waals surface area contributed by atoms with Crippen molar-refractivity contribution < 1.29 is 28.2 Å². The summed E-state index contributed by atoms with van der Waals surface area (Å²) in [5.74, 6) is 0.424. The fourth-order valence-corrected chi connectivity index (χ4v) is 4.19. The Morgan fingerprint density at radius 3 is 2.24 bits per heavy atom. The van der Waals surface area contributed by atoms with Gasteiger partial charge in [-0.3, -0.25) is 4.79 Å². The number of carbonyl (C=O) groups excluding carboxylic acids is 2. The predicted octanol–water partition coefficient (Wildman–Crippen LogP) is 5.94. The molecular weight excluding hydrogens is 489 g/mol. The number of hydrogen-bond acceptors (Lipinski definition) is 5. The standard InChI is InChI=1S/C29H30FN3O5/c1-5-32(6-2)29(35)38-25-14-12-23-22(15-16-33(23)18-19-7-10-21(30)11-8-19)27(25)31-28(34)20-9-13-24(36-3)26(17-20)37-4/h7-17H,5-6,18H2,1-4H3,(H,31,34). The lowest BCUT2D eigenvalue weighted by molar-refractivity contribution is 0.102. The van der Waals surface area contributed by atoms with Crippen molar-refractivity contribution >= 4 is 28.6 Å². The summed E-state index contributed by atoms with van der Waals surface area (Å²) in [6.07, 6.45) is 1.36. The zero-order valence-electron chi connectivity index (χ0n) is 21.8. The Morgan fingerprint density at radius 1 is 0.895 bits per heavy atom. The Balaban J connectivity index is 1.73. The average Bonchev–Trinajstić information content (AvgIpc) is 3.34. The van der Waals surface area contributed by atoms with Crippen molar-refractivity contribution in [2.45, 2.75) is 20.4 Å². The van der Waals surface area contributed by atoms with E-state index >= 15 is 0 Å². The molecule has 0 radical (unpaired) electrons. The second kappa shape index (κ2) is 11.7. The van der Waals surface area contributed by atoms with Crippen LogP contribution in [0.15, 0.2) is 66.9 Å². The first-order valence-electron chi connectivity index (χ1n) is 12.2. The third kappa shape index (κ3) is 5.56. The number of anilines is 1. The molecule has 0 aliphatic rings. The maximum absolute atomic E-state index is 13.4. The number of rotatable bonds is 9. The second-order valence-corrected chi connectivity index (χ2v) is 8.51. The van der Waals surface area contributed by atoms with Gasteiger partial charge in [-0.15, -0.1) is 0 Å². The van der Waals surface area contributed by atoms with E-state index in [9.17, 15) is 14.0 Å². The van der Waals surface area contributed by atoms with Crippen molar-refractivity contribution in [2.24, 2.45) is 0 Å². The number of ether oxygens (including phenoxy) is 3. The molecule has 0 spiro atoms. The van der Waals surface area contributed by atoms with Gasteiger partial charge in [0.2, 0.25) is 0 Å². The van der Waals surface area contributed by atoms with Gasteiger partial charge >= 0.3 is 6.09 Å². The summed E-state index contributed by atoms with van der Waals surface area (Å²) in [7, 11) is 3.01. The molecule has 0 atom stereocenters. The van der Waals surface area contributed by atoms with E-state index in [1.165, 1.54) is 26.4 Å². The molecule has 3 aromatic carbocycles. The van der Waals surface area contributed by atoms with Gasteiger partial charge in [0.15, 0.2) is 17.2 Å². The van der Waals surface area contributed by atoms with Gasteiger partial charge in [-0.25, -0.2) is 9.18 Å². The summed E-state index contributed by atoms with van der Waals surface area (Å²) in [4.78, 5) is 27.7. The summed E-state index contributed by atoms with van der Waals surface area (Å²) in [5.41, 5.74) is 2.42. The molecule has 38 heavy (non-hydrogen) atoms. The van der Waals surface area contributed by atoms with Crippen LogP contribution in [0.4, 0.5) is 14.9 Å². The van der Waals surface area contributed by atoms with Crippen LogP contribution < -0.4 is 19.5 Å². The van der Waals surface area contributed by atoms with Crippen LogP contribution in [-0.2, 0) is 6.54 Å². The summed E-state index contributed by atoms with van der Waals surface area (Å²) < 4.78 is 31.7. The van der Waals surface area contributed by atoms with Crippen molar-refractivity contribution in [1.29, 1.82) is 0 Å². The van der Waals surface area contributed by atoms with Gasteiger partial charge < -0.3 is 29.0 Å². The third-order valence-corrected chi connectivity index (χ3v) is 6.28. The molecule has 9 heteroatoms. The van der Waals surface area contributed by atoms with Gasteiger partial charge in [-0.05, 0) is 67.9 Å². The first kappa shape index (κ1) is 26.5. The molecule has 0 unspecified atom stereocenters. The van der Waals surface area contributed by atoms with Crippen LogP contribution in [0.3, 0.4) is 0 Å². The molecule has 1 N–H and O–H groups in total. The first-order valence-corrected chi connectivity index (χ1v) is 12.2. The molecule has 0 aliphatic carbocycles. The van der Waals surface area contributed by atoms with E-state index in [-0.39, 0.29) is 11.6 Å². The highest BCUT2D eigenvalue weighted by atomic mass is 19.1. The van der Waals surface area contributed by atoms with Gasteiger partial charge in [0.25, 0.3) is 5.91 Å². The minimum Gasteiger partial charge on any atom is -0.493 e. The van der Waals surface area contributed by atoms with Gasteiger partial charge in [-0.1, -0.05) is 12.1 Å². The fourth-order valence-electron chi connectivity index (χ4n) is 4.19. The summed E-state index contributed by atoms with van der Waals surface area (Å²) in [5, 5.41) is 3.62. The van der Waals surface area contributed by atoms with Gasteiger partial charge in [0.1, 0.15) is 5.82 Å². The van der Waals surface area contributed by atoms with Crippen LogP contribution in [0.1, 0.15) is 29.8 Å². The zero-order valence-corrected chi connectivity index (χ0v) is 21.8. The molecule has 4 aromatic rings. The molecule has 0 fully saturated rings. The predicted molar refractivity (Wildman–Crippen MR) is 144 cm³/mol. The van der Waals surface area contributed by atoms with Crippen molar-refractivity contribution in [3.8, 4) is 17.2 Å². The fraction of sp³-hybridized carbons (Fsp3) is 0.241. The van der Waals surface area contributed by atoms with E-state index in [4.69, 9.17) is 14.2 Å². The van der Waals surface area contributed by atoms with Crippen LogP contribution in [-0.4, -0.2) is 48.8 Å². The molecule has 0 bridgehead atoms. The van der Waals surface area contributed by atoms with Crippen molar-refractivity contribution in [3.05, 3.63) is 83.8 Å². The van der Waals surface area contributed by atoms with Crippen LogP contribution in [0.25, 0.3) is 10.9 Å². The van der Waals surface area contributed by atoms with E-state index in [1.54, 1.807) is 41.3 Å². The highest BCUT2D eigenvalue weighted by Gasteiger charge is 2.21. The monoisotopic (exact) mass is 519 g/mol.